The van der Waals surface area contributed by atoms with E-state index in [1.165, 1.54) is 6.07 Å². The summed E-state index contributed by atoms with van der Waals surface area (Å²) in [5.74, 6) is -2.88. The molecule has 1 saturated heterocycles. The Balaban J connectivity index is 1.41. The summed E-state index contributed by atoms with van der Waals surface area (Å²) < 4.78 is 29.6. The number of imidazole rings is 1. The second kappa shape index (κ2) is 8.42. The molecule has 0 saturated carbocycles. The maximum atomic E-state index is 14.0. The number of rotatable bonds is 5. The van der Waals surface area contributed by atoms with Gasteiger partial charge in [-0.2, -0.15) is 0 Å². The number of anilines is 2. The van der Waals surface area contributed by atoms with E-state index >= 15 is 0 Å². The maximum Gasteiger partial charge on any atom is 0.272 e. The van der Waals surface area contributed by atoms with E-state index in [1.807, 2.05) is 0 Å². The van der Waals surface area contributed by atoms with Crippen molar-refractivity contribution in [1.29, 1.82) is 0 Å². The van der Waals surface area contributed by atoms with Gasteiger partial charge in [-0.25, -0.2) is 18.7 Å². The number of hydrogen-bond donors (Lipinski definition) is 2. The normalized spacial score (nSPS) is 14.6. The summed E-state index contributed by atoms with van der Waals surface area (Å²) in [4.78, 5) is 35.0. The molecule has 1 amide bonds. The van der Waals surface area contributed by atoms with E-state index in [2.05, 4.69) is 15.3 Å². The third kappa shape index (κ3) is 4.13. The molecular formula is C20H20F2N6O2S. The van der Waals surface area contributed by atoms with Crippen LogP contribution in [0.4, 0.5) is 19.7 Å². The number of ketones is 1. The summed E-state index contributed by atoms with van der Waals surface area (Å²) in [5.41, 5.74) is 5.73. The molecule has 0 unspecified atom stereocenters. The molecule has 0 radical (unpaired) electrons. The average molecular weight is 446 g/mol. The zero-order valence-electron chi connectivity index (χ0n) is 16.6. The lowest BCUT2D eigenvalue weighted by Gasteiger charge is -2.32. The lowest BCUT2D eigenvalue weighted by atomic mass is 10.1. The van der Waals surface area contributed by atoms with E-state index in [0.717, 1.165) is 23.5 Å². The molecule has 31 heavy (non-hydrogen) atoms. The fraction of sp³-hybridized carbons (Fsp3) is 0.300. The average Bonchev–Trinajstić information content (AvgIpc) is 3.33. The van der Waals surface area contributed by atoms with Crippen molar-refractivity contribution in [3.63, 3.8) is 0 Å². The SMILES string of the molecule is Cn1cncc1C(=O)N1CCC(Nc2nc(N)c(C(=O)c3c(F)cccc3F)s2)CC1. The molecule has 11 heteroatoms. The van der Waals surface area contributed by atoms with Crippen molar-refractivity contribution < 1.29 is 18.4 Å². The number of hydrogen-bond acceptors (Lipinski definition) is 7. The van der Waals surface area contributed by atoms with E-state index in [1.54, 1.807) is 29.0 Å². The molecule has 3 N–H and O–H groups in total. The Labute approximate surface area is 180 Å². The first-order valence-electron chi connectivity index (χ1n) is 9.62. The van der Waals surface area contributed by atoms with Crippen LogP contribution >= 0.6 is 11.3 Å². The Morgan fingerprint density at radius 3 is 2.52 bits per heavy atom. The lowest BCUT2D eigenvalue weighted by molar-refractivity contribution is 0.0708. The first-order chi connectivity index (χ1) is 14.8. The predicted molar refractivity (Wildman–Crippen MR) is 112 cm³/mol. The molecule has 4 rings (SSSR count). The number of carbonyl (C=O) groups excluding carboxylic acids is 2. The Kier molecular flexibility index (Phi) is 5.68. The largest absolute Gasteiger partial charge is 0.382 e. The molecular weight excluding hydrogens is 426 g/mol. The molecule has 3 heterocycles. The number of thiazole rings is 1. The number of nitrogen functional groups attached to an aromatic ring is 1. The van der Waals surface area contributed by atoms with Crippen LogP contribution in [0.3, 0.4) is 0 Å². The Hall–Kier alpha value is -3.34. The van der Waals surface area contributed by atoms with E-state index in [0.29, 0.717) is 36.8 Å². The number of nitrogens with two attached hydrogens (primary N) is 1. The van der Waals surface area contributed by atoms with Gasteiger partial charge in [0.2, 0.25) is 5.78 Å². The maximum absolute atomic E-state index is 14.0. The minimum Gasteiger partial charge on any atom is -0.382 e. The van der Waals surface area contributed by atoms with Crippen molar-refractivity contribution in [3.8, 4) is 0 Å². The first-order valence-corrected chi connectivity index (χ1v) is 10.4. The summed E-state index contributed by atoms with van der Waals surface area (Å²) in [7, 11) is 1.77. The van der Waals surface area contributed by atoms with Crippen LogP contribution < -0.4 is 11.1 Å². The van der Waals surface area contributed by atoms with Crippen LogP contribution in [0.2, 0.25) is 0 Å². The summed E-state index contributed by atoms with van der Waals surface area (Å²) in [6.45, 7) is 1.10. The van der Waals surface area contributed by atoms with Gasteiger partial charge in [-0.15, -0.1) is 0 Å². The number of carbonyl (C=O) groups is 2. The highest BCUT2D eigenvalue weighted by Gasteiger charge is 2.27. The van der Waals surface area contributed by atoms with Crippen molar-refractivity contribution >= 4 is 34.0 Å². The Morgan fingerprint density at radius 1 is 1.23 bits per heavy atom. The van der Waals surface area contributed by atoms with Crippen molar-refractivity contribution in [2.75, 3.05) is 24.1 Å². The highest BCUT2D eigenvalue weighted by Crippen LogP contribution is 2.30. The highest BCUT2D eigenvalue weighted by molar-refractivity contribution is 7.18. The van der Waals surface area contributed by atoms with Gasteiger partial charge in [0.25, 0.3) is 5.91 Å². The van der Waals surface area contributed by atoms with Crippen LogP contribution in [0.15, 0.2) is 30.7 Å². The predicted octanol–water partition coefficient (Wildman–Crippen LogP) is 2.68. The molecule has 1 aliphatic heterocycles. The smallest absolute Gasteiger partial charge is 0.272 e. The first kappa shape index (κ1) is 20.9. The molecule has 2 aromatic heterocycles. The van der Waals surface area contributed by atoms with Gasteiger partial charge < -0.3 is 20.5 Å². The molecule has 0 atom stereocenters. The Morgan fingerprint density at radius 2 is 1.90 bits per heavy atom. The van der Waals surface area contributed by atoms with Gasteiger partial charge in [-0.1, -0.05) is 17.4 Å². The van der Waals surface area contributed by atoms with Crippen LogP contribution in [-0.2, 0) is 7.05 Å². The number of nitrogens with one attached hydrogen (secondary N) is 1. The number of nitrogens with zero attached hydrogens (tertiary/aromatic N) is 4. The third-order valence-corrected chi connectivity index (χ3v) is 6.20. The summed E-state index contributed by atoms with van der Waals surface area (Å²) in [6, 6.07) is 3.26. The molecule has 0 spiro atoms. The second-order valence-corrected chi connectivity index (χ2v) is 8.26. The van der Waals surface area contributed by atoms with Crippen LogP contribution in [-0.4, -0.2) is 50.3 Å². The van der Waals surface area contributed by atoms with E-state index in [9.17, 15) is 18.4 Å². The molecule has 0 bridgehead atoms. The molecule has 1 aliphatic rings. The van der Waals surface area contributed by atoms with Crippen molar-refractivity contribution in [2.45, 2.75) is 18.9 Å². The van der Waals surface area contributed by atoms with E-state index < -0.39 is 23.0 Å². The van der Waals surface area contributed by atoms with Crippen molar-refractivity contribution in [2.24, 2.45) is 7.05 Å². The second-order valence-electron chi connectivity index (χ2n) is 7.26. The molecule has 162 valence electrons. The number of benzene rings is 1. The van der Waals surface area contributed by atoms with Gasteiger partial charge in [0.15, 0.2) is 5.13 Å². The van der Waals surface area contributed by atoms with Crippen molar-refractivity contribution in [3.05, 3.63) is 58.5 Å². The van der Waals surface area contributed by atoms with Crippen LogP contribution in [0, 0.1) is 11.6 Å². The molecule has 3 aromatic rings. The van der Waals surface area contributed by atoms with Gasteiger partial charge in [-0.05, 0) is 25.0 Å². The lowest BCUT2D eigenvalue weighted by Crippen LogP contribution is -2.42. The van der Waals surface area contributed by atoms with Gasteiger partial charge in [0.1, 0.15) is 28.0 Å². The number of halogens is 2. The van der Waals surface area contributed by atoms with E-state index in [-0.39, 0.29) is 22.6 Å². The van der Waals surface area contributed by atoms with Crippen LogP contribution in [0.5, 0.6) is 0 Å². The van der Waals surface area contributed by atoms with Gasteiger partial charge in [0.05, 0.1) is 18.1 Å². The number of aryl methyl sites for hydroxylation is 1. The van der Waals surface area contributed by atoms with E-state index in [4.69, 9.17) is 5.73 Å². The summed E-state index contributed by atoms with van der Waals surface area (Å²) in [5, 5.41) is 3.61. The Bertz CT molecular complexity index is 1120. The van der Waals surface area contributed by atoms with Crippen molar-refractivity contribution in [1.82, 2.24) is 19.4 Å². The number of piperidine rings is 1. The minimum absolute atomic E-state index is 0.0182. The fourth-order valence-corrected chi connectivity index (χ4v) is 4.42. The standard InChI is InChI=1S/C20H20F2N6O2S/c1-27-10-24-9-14(27)19(30)28-7-5-11(6-8-28)25-20-26-18(23)17(31-20)16(29)15-12(21)3-2-4-13(15)22/h2-4,9-11H,5-8,23H2,1H3,(H,25,26). The fourth-order valence-electron chi connectivity index (χ4n) is 3.51. The third-order valence-electron chi connectivity index (χ3n) is 5.19. The zero-order chi connectivity index (χ0) is 22.1. The van der Waals surface area contributed by atoms with Gasteiger partial charge in [0, 0.05) is 26.2 Å². The molecule has 1 fully saturated rings. The topological polar surface area (TPSA) is 106 Å². The molecule has 0 aliphatic carbocycles. The quantitative estimate of drug-likeness (QED) is 0.584. The van der Waals surface area contributed by atoms with Gasteiger partial charge >= 0.3 is 0 Å². The summed E-state index contributed by atoms with van der Waals surface area (Å²) in [6.07, 6.45) is 4.48. The zero-order valence-corrected chi connectivity index (χ0v) is 17.5. The minimum atomic E-state index is -0.947. The summed E-state index contributed by atoms with van der Waals surface area (Å²) >= 11 is 0.958. The highest BCUT2D eigenvalue weighted by atomic mass is 32.1. The monoisotopic (exact) mass is 446 g/mol. The molecule has 1 aromatic carbocycles. The number of amides is 1. The number of aromatic nitrogens is 3. The van der Waals surface area contributed by atoms with Crippen LogP contribution in [0.25, 0.3) is 0 Å². The molecule has 8 nitrogen and oxygen atoms in total. The van der Waals surface area contributed by atoms with Gasteiger partial charge in [-0.3, -0.25) is 9.59 Å². The van der Waals surface area contributed by atoms with Crippen LogP contribution in [0.1, 0.15) is 38.6 Å². The number of likely N-dealkylation sites (tertiary alicyclic amines) is 1.